The summed E-state index contributed by atoms with van der Waals surface area (Å²) < 4.78 is 9.44. The van der Waals surface area contributed by atoms with Crippen molar-refractivity contribution in [2.75, 3.05) is 14.2 Å². The first kappa shape index (κ1) is 11.0. The van der Waals surface area contributed by atoms with Gasteiger partial charge >= 0.3 is 6.09 Å². The number of para-hydroxylation sites is 1. The Morgan fingerprint density at radius 2 is 2.13 bits per heavy atom. The van der Waals surface area contributed by atoms with Crippen LogP contribution in [0.2, 0.25) is 0 Å². The zero-order valence-corrected chi connectivity index (χ0v) is 8.56. The van der Waals surface area contributed by atoms with Crippen LogP contribution in [0.1, 0.15) is 5.56 Å². The lowest BCUT2D eigenvalue weighted by Gasteiger charge is -2.02. The van der Waals surface area contributed by atoms with Crippen molar-refractivity contribution in [1.82, 2.24) is 5.43 Å². The Labute approximate surface area is 87.7 Å². The number of rotatable bonds is 3. The van der Waals surface area contributed by atoms with Gasteiger partial charge in [-0.25, -0.2) is 10.2 Å². The number of hydrazone groups is 1. The van der Waals surface area contributed by atoms with Crippen LogP contribution in [0.4, 0.5) is 4.79 Å². The number of hydrogen-bond donors (Lipinski definition) is 1. The first-order valence-corrected chi connectivity index (χ1v) is 4.28. The summed E-state index contributed by atoms with van der Waals surface area (Å²) in [5.41, 5.74) is 2.96. The van der Waals surface area contributed by atoms with Gasteiger partial charge in [-0.3, -0.25) is 0 Å². The van der Waals surface area contributed by atoms with Gasteiger partial charge < -0.3 is 9.47 Å². The molecule has 0 aliphatic carbocycles. The molecule has 1 N–H and O–H groups in total. The molecule has 1 aromatic carbocycles. The summed E-state index contributed by atoms with van der Waals surface area (Å²) in [7, 11) is 2.84. The number of ether oxygens (including phenoxy) is 2. The molecular formula is C10H12N2O3. The van der Waals surface area contributed by atoms with Gasteiger partial charge in [0.15, 0.2) is 0 Å². The third-order valence-electron chi connectivity index (χ3n) is 1.68. The Hall–Kier alpha value is -2.04. The van der Waals surface area contributed by atoms with Crippen LogP contribution in [0.15, 0.2) is 29.4 Å². The van der Waals surface area contributed by atoms with Crippen LogP contribution in [0.25, 0.3) is 0 Å². The predicted octanol–water partition coefficient (Wildman–Crippen LogP) is 1.39. The van der Waals surface area contributed by atoms with Crippen molar-refractivity contribution in [1.29, 1.82) is 0 Å². The number of benzene rings is 1. The van der Waals surface area contributed by atoms with E-state index < -0.39 is 6.09 Å². The monoisotopic (exact) mass is 208 g/mol. The van der Waals surface area contributed by atoms with Crippen LogP contribution in [0, 0.1) is 0 Å². The molecule has 0 bridgehead atoms. The Kier molecular flexibility index (Phi) is 4.15. The lowest BCUT2D eigenvalue weighted by molar-refractivity contribution is 0.171. The molecule has 0 saturated carbocycles. The van der Waals surface area contributed by atoms with Gasteiger partial charge in [-0.05, 0) is 12.1 Å². The minimum absolute atomic E-state index is 0.610. The summed E-state index contributed by atoms with van der Waals surface area (Å²) in [5, 5.41) is 3.69. The highest BCUT2D eigenvalue weighted by atomic mass is 16.5. The second kappa shape index (κ2) is 5.64. The maximum Gasteiger partial charge on any atom is 0.427 e. The van der Waals surface area contributed by atoms with Crippen molar-refractivity contribution in [3.05, 3.63) is 29.8 Å². The van der Waals surface area contributed by atoms with Crippen LogP contribution >= 0.6 is 0 Å². The fraction of sp³-hybridized carbons (Fsp3) is 0.200. The van der Waals surface area contributed by atoms with Crippen molar-refractivity contribution in [3.63, 3.8) is 0 Å². The number of nitrogens with zero attached hydrogens (tertiary/aromatic N) is 1. The zero-order chi connectivity index (χ0) is 11.1. The van der Waals surface area contributed by atoms with Gasteiger partial charge in [0.25, 0.3) is 0 Å². The average Bonchev–Trinajstić information content (AvgIpc) is 2.29. The van der Waals surface area contributed by atoms with Gasteiger partial charge in [0, 0.05) is 5.56 Å². The van der Waals surface area contributed by atoms with E-state index in [0.717, 1.165) is 5.56 Å². The summed E-state index contributed by atoms with van der Waals surface area (Å²) in [6, 6.07) is 7.33. The zero-order valence-electron chi connectivity index (χ0n) is 8.56. The molecule has 0 fully saturated rings. The molecule has 5 nitrogen and oxygen atoms in total. The number of methoxy groups -OCH3 is 2. The van der Waals surface area contributed by atoms with Crippen LogP contribution in [-0.4, -0.2) is 26.5 Å². The van der Waals surface area contributed by atoms with E-state index in [1.807, 2.05) is 18.2 Å². The molecule has 1 aromatic rings. The second-order valence-electron chi connectivity index (χ2n) is 2.60. The number of carbonyl (C=O) groups is 1. The van der Waals surface area contributed by atoms with E-state index in [1.165, 1.54) is 13.3 Å². The molecule has 1 rings (SSSR count). The van der Waals surface area contributed by atoms with Crippen LogP contribution < -0.4 is 10.2 Å². The van der Waals surface area contributed by atoms with Gasteiger partial charge in [-0.1, -0.05) is 12.1 Å². The molecular weight excluding hydrogens is 196 g/mol. The van der Waals surface area contributed by atoms with Crippen molar-refractivity contribution in [2.24, 2.45) is 5.10 Å². The summed E-state index contributed by atoms with van der Waals surface area (Å²) in [6.07, 6.45) is 0.872. The predicted molar refractivity (Wildman–Crippen MR) is 56.1 cm³/mol. The Morgan fingerprint density at radius 3 is 2.80 bits per heavy atom. The standard InChI is InChI=1S/C10H12N2O3/c1-14-9-6-4-3-5-8(9)7-11-12-10(13)15-2/h3-7H,1-2H3,(H,12,13)/b11-7-. The van der Waals surface area contributed by atoms with Crippen LogP contribution in [-0.2, 0) is 4.74 Å². The van der Waals surface area contributed by atoms with Crippen molar-refractivity contribution in [2.45, 2.75) is 0 Å². The summed E-state index contributed by atoms with van der Waals surface area (Å²) >= 11 is 0. The highest BCUT2D eigenvalue weighted by molar-refractivity contribution is 5.84. The quantitative estimate of drug-likeness (QED) is 0.603. The molecule has 0 spiro atoms. The van der Waals surface area contributed by atoms with Gasteiger partial charge in [0.05, 0.1) is 20.4 Å². The largest absolute Gasteiger partial charge is 0.496 e. The Balaban J connectivity index is 2.67. The molecule has 0 aliphatic heterocycles. The summed E-state index contributed by atoms with van der Waals surface area (Å²) in [4.78, 5) is 10.7. The van der Waals surface area contributed by atoms with E-state index in [0.29, 0.717) is 5.75 Å². The lowest BCUT2D eigenvalue weighted by atomic mass is 10.2. The molecule has 5 heteroatoms. The van der Waals surface area contributed by atoms with Crippen LogP contribution in [0.5, 0.6) is 5.75 Å². The molecule has 0 aromatic heterocycles. The Morgan fingerprint density at radius 1 is 1.40 bits per heavy atom. The average molecular weight is 208 g/mol. The van der Waals surface area contributed by atoms with E-state index in [4.69, 9.17) is 4.74 Å². The number of nitrogens with one attached hydrogen (secondary N) is 1. The van der Waals surface area contributed by atoms with Crippen molar-refractivity contribution >= 4 is 12.3 Å². The minimum atomic E-state index is -0.610. The molecule has 15 heavy (non-hydrogen) atoms. The van der Waals surface area contributed by atoms with E-state index in [1.54, 1.807) is 13.2 Å². The third kappa shape index (κ3) is 3.30. The fourth-order valence-electron chi connectivity index (χ4n) is 0.973. The van der Waals surface area contributed by atoms with Crippen molar-refractivity contribution < 1.29 is 14.3 Å². The highest BCUT2D eigenvalue weighted by Gasteiger charge is 1.98. The van der Waals surface area contributed by atoms with Gasteiger partial charge in [0.2, 0.25) is 0 Å². The van der Waals surface area contributed by atoms with Crippen LogP contribution in [0.3, 0.4) is 0 Å². The molecule has 1 amide bonds. The van der Waals surface area contributed by atoms with E-state index >= 15 is 0 Å². The van der Waals surface area contributed by atoms with Crippen molar-refractivity contribution in [3.8, 4) is 5.75 Å². The minimum Gasteiger partial charge on any atom is -0.496 e. The van der Waals surface area contributed by atoms with Gasteiger partial charge in [0.1, 0.15) is 5.75 Å². The van der Waals surface area contributed by atoms with E-state index in [-0.39, 0.29) is 0 Å². The maximum absolute atomic E-state index is 10.7. The smallest absolute Gasteiger partial charge is 0.427 e. The molecule has 0 aliphatic rings. The molecule has 0 radical (unpaired) electrons. The second-order valence-corrected chi connectivity index (χ2v) is 2.60. The number of hydrogen-bond acceptors (Lipinski definition) is 4. The lowest BCUT2D eigenvalue weighted by Crippen LogP contribution is -2.16. The fourth-order valence-corrected chi connectivity index (χ4v) is 0.973. The number of amides is 1. The molecule has 80 valence electrons. The van der Waals surface area contributed by atoms with Gasteiger partial charge in [-0.2, -0.15) is 5.10 Å². The molecule has 0 saturated heterocycles. The molecule has 0 heterocycles. The number of carbonyl (C=O) groups excluding carboxylic acids is 1. The Bertz CT molecular complexity index is 363. The third-order valence-corrected chi connectivity index (χ3v) is 1.68. The maximum atomic E-state index is 10.7. The van der Waals surface area contributed by atoms with E-state index in [2.05, 4.69) is 15.3 Å². The molecule has 0 unspecified atom stereocenters. The van der Waals surface area contributed by atoms with Gasteiger partial charge in [-0.15, -0.1) is 0 Å². The first-order valence-electron chi connectivity index (χ1n) is 4.28. The van der Waals surface area contributed by atoms with E-state index in [9.17, 15) is 4.79 Å². The first-order chi connectivity index (χ1) is 7.27. The molecule has 0 atom stereocenters. The normalized spacial score (nSPS) is 10.0. The SMILES string of the molecule is COC(=O)N/N=C\c1ccccc1OC. The summed E-state index contributed by atoms with van der Waals surface area (Å²) in [6.45, 7) is 0. The topological polar surface area (TPSA) is 59.9 Å². The highest BCUT2D eigenvalue weighted by Crippen LogP contribution is 2.14. The summed E-state index contributed by atoms with van der Waals surface area (Å²) in [5.74, 6) is 0.688.